The summed E-state index contributed by atoms with van der Waals surface area (Å²) in [6, 6.07) is 17.6. The van der Waals surface area contributed by atoms with Crippen LogP contribution in [0.15, 0.2) is 73.1 Å². The average molecular weight is 494 g/mol. The molecule has 0 saturated carbocycles. The fraction of sp³-hybridized carbons (Fsp3) is 0.222. The lowest BCUT2D eigenvalue weighted by atomic mass is 9.95. The number of rotatable bonds is 9. The molecular formula is C27H25F2N3O4. The number of hydrogen-bond acceptors (Lipinski definition) is 6. The van der Waals surface area contributed by atoms with E-state index >= 15 is 0 Å². The number of ether oxygens (including phenoxy) is 3. The summed E-state index contributed by atoms with van der Waals surface area (Å²) in [4.78, 5) is 24.0. The maximum Gasteiger partial charge on any atom is 0.387 e. The lowest BCUT2D eigenvalue weighted by molar-refractivity contribution is -0.152. The number of carbonyl (C=O) groups is 1. The molecule has 186 valence electrons. The minimum Gasteiger partial charge on any atom is -0.492 e. The van der Waals surface area contributed by atoms with Gasteiger partial charge in [-0.1, -0.05) is 0 Å². The van der Waals surface area contributed by atoms with Gasteiger partial charge in [0.05, 0.1) is 30.1 Å². The van der Waals surface area contributed by atoms with Gasteiger partial charge < -0.3 is 19.2 Å². The highest BCUT2D eigenvalue weighted by molar-refractivity contribution is 5.76. The second-order valence-corrected chi connectivity index (χ2v) is 8.67. The van der Waals surface area contributed by atoms with E-state index in [9.17, 15) is 13.6 Å². The van der Waals surface area contributed by atoms with Crippen LogP contribution in [0.3, 0.4) is 0 Å². The van der Waals surface area contributed by atoms with E-state index in [-0.39, 0.29) is 18.3 Å². The van der Waals surface area contributed by atoms with Crippen molar-refractivity contribution >= 4 is 5.97 Å². The fourth-order valence-electron chi connectivity index (χ4n) is 3.46. The predicted octanol–water partition coefficient (Wildman–Crippen LogP) is 5.99. The summed E-state index contributed by atoms with van der Waals surface area (Å²) in [5.41, 5.74) is 3.27. The molecule has 0 spiro atoms. The zero-order valence-electron chi connectivity index (χ0n) is 20.0. The molecule has 4 rings (SSSR count). The van der Waals surface area contributed by atoms with Crippen molar-refractivity contribution in [1.29, 1.82) is 0 Å². The average Bonchev–Trinajstić information content (AvgIpc) is 3.38. The molecule has 0 radical (unpaired) electrons. The van der Waals surface area contributed by atoms with Gasteiger partial charge in [0.1, 0.15) is 23.9 Å². The van der Waals surface area contributed by atoms with Crippen LogP contribution in [0.1, 0.15) is 13.8 Å². The summed E-state index contributed by atoms with van der Waals surface area (Å²) in [6.45, 7) is 0.872. The number of benzene rings is 2. The molecule has 1 N–H and O–H groups in total. The van der Waals surface area contributed by atoms with Crippen LogP contribution in [0.4, 0.5) is 8.78 Å². The third-order valence-electron chi connectivity index (χ3n) is 5.49. The summed E-state index contributed by atoms with van der Waals surface area (Å²) in [5.74, 6) is 1.04. The first-order chi connectivity index (χ1) is 17.2. The molecule has 36 heavy (non-hydrogen) atoms. The van der Waals surface area contributed by atoms with E-state index in [1.54, 1.807) is 38.4 Å². The Morgan fingerprint density at radius 2 is 1.53 bits per heavy atom. The Kier molecular flexibility index (Phi) is 7.28. The smallest absolute Gasteiger partial charge is 0.387 e. The summed E-state index contributed by atoms with van der Waals surface area (Å²) in [7, 11) is 1.36. The van der Waals surface area contributed by atoms with Gasteiger partial charge in [0, 0.05) is 17.3 Å². The second kappa shape index (κ2) is 10.6. The third kappa shape index (κ3) is 5.86. The van der Waals surface area contributed by atoms with Crippen LogP contribution >= 0.6 is 0 Å². The number of alkyl halides is 2. The van der Waals surface area contributed by atoms with Crippen LogP contribution in [-0.4, -0.2) is 41.2 Å². The van der Waals surface area contributed by atoms with E-state index in [1.807, 2.05) is 36.4 Å². The van der Waals surface area contributed by atoms with E-state index < -0.39 is 12.0 Å². The van der Waals surface area contributed by atoms with Crippen molar-refractivity contribution in [2.24, 2.45) is 5.41 Å². The molecule has 0 fully saturated rings. The molecule has 9 heteroatoms. The maximum absolute atomic E-state index is 12.3. The highest BCUT2D eigenvalue weighted by Gasteiger charge is 2.29. The number of aromatic nitrogens is 3. The quantitative estimate of drug-likeness (QED) is 0.289. The van der Waals surface area contributed by atoms with Gasteiger partial charge in [-0.3, -0.25) is 9.78 Å². The molecular weight excluding hydrogens is 468 g/mol. The zero-order chi connectivity index (χ0) is 25.7. The van der Waals surface area contributed by atoms with E-state index in [1.165, 1.54) is 19.2 Å². The molecule has 0 aliphatic heterocycles. The van der Waals surface area contributed by atoms with E-state index in [2.05, 4.69) is 19.7 Å². The summed E-state index contributed by atoms with van der Waals surface area (Å²) < 4.78 is 39.6. The van der Waals surface area contributed by atoms with Crippen LogP contribution in [0, 0.1) is 5.41 Å². The van der Waals surface area contributed by atoms with E-state index in [0.717, 1.165) is 28.1 Å². The number of hydrogen-bond donors (Lipinski definition) is 1. The molecule has 0 aliphatic carbocycles. The lowest BCUT2D eigenvalue weighted by Crippen LogP contribution is -2.32. The van der Waals surface area contributed by atoms with Crippen LogP contribution < -0.4 is 9.47 Å². The van der Waals surface area contributed by atoms with Crippen LogP contribution in [0.5, 0.6) is 11.5 Å². The van der Waals surface area contributed by atoms with Gasteiger partial charge in [0.2, 0.25) is 0 Å². The highest BCUT2D eigenvalue weighted by Crippen LogP contribution is 2.27. The van der Waals surface area contributed by atoms with Crippen molar-refractivity contribution in [3.8, 4) is 45.4 Å². The standard InChI is InChI=1S/C27H25F2N3O4/c1-27(2,25(33)34-3)16-35-20-9-4-17(5-10-20)22-13-8-19(14-30-22)24-31-15-23(32-24)18-6-11-21(12-7-18)36-26(28)29/h4-15,26H,16H2,1-3H3,(H,31,32). The molecule has 0 saturated heterocycles. The number of halogens is 2. The van der Waals surface area contributed by atoms with Crippen molar-refractivity contribution in [2.75, 3.05) is 13.7 Å². The number of imidazole rings is 1. The van der Waals surface area contributed by atoms with Gasteiger partial charge in [-0.25, -0.2) is 4.98 Å². The van der Waals surface area contributed by atoms with Crippen molar-refractivity contribution in [1.82, 2.24) is 15.0 Å². The van der Waals surface area contributed by atoms with Gasteiger partial charge in [-0.2, -0.15) is 8.78 Å². The molecule has 0 aliphatic rings. The topological polar surface area (TPSA) is 86.3 Å². The van der Waals surface area contributed by atoms with Crippen molar-refractivity contribution < 1.29 is 27.8 Å². The summed E-state index contributed by atoms with van der Waals surface area (Å²) in [5, 5.41) is 0. The van der Waals surface area contributed by atoms with Gasteiger partial charge in [-0.15, -0.1) is 0 Å². The monoisotopic (exact) mass is 493 g/mol. The van der Waals surface area contributed by atoms with Crippen LogP contribution in [-0.2, 0) is 9.53 Å². The summed E-state index contributed by atoms with van der Waals surface area (Å²) in [6.07, 6.45) is 3.40. The Hall–Kier alpha value is -4.27. The van der Waals surface area contributed by atoms with Crippen LogP contribution in [0.2, 0.25) is 0 Å². The Morgan fingerprint density at radius 1 is 0.889 bits per heavy atom. The Balaban J connectivity index is 1.41. The van der Waals surface area contributed by atoms with Gasteiger partial charge >= 0.3 is 12.6 Å². The predicted molar refractivity (Wildman–Crippen MR) is 131 cm³/mol. The summed E-state index contributed by atoms with van der Waals surface area (Å²) >= 11 is 0. The molecule has 2 heterocycles. The SMILES string of the molecule is COC(=O)C(C)(C)COc1ccc(-c2ccc(-c3ncc(-c4ccc(OC(F)F)cc4)[nH]3)cn2)cc1. The van der Waals surface area contributed by atoms with Gasteiger partial charge in [0.15, 0.2) is 0 Å². The number of carbonyl (C=O) groups excluding carboxylic acids is 1. The van der Waals surface area contributed by atoms with E-state index in [0.29, 0.717) is 11.6 Å². The molecule has 0 bridgehead atoms. The van der Waals surface area contributed by atoms with E-state index in [4.69, 9.17) is 9.47 Å². The fourth-order valence-corrected chi connectivity index (χ4v) is 3.46. The number of aromatic amines is 1. The normalized spacial score (nSPS) is 11.4. The number of nitrogens with zero attached hydrogens (tertiary/aromatic N) is 2. The lowest BCUT2D eigenvalue weighted by Gasteiger charge is -2.21. The third-order valence-corrected chi connectivity index (χ3v) is 5.49. The Morgan fingerprint density at radius 3 is 2.14 bits per heavy atom. The second-order valence-electron chi connectivity index (χ2n) is 8.67. The first-order valence-electron chi connectivity index (χ1n) is 11.1. The first-order valence-corrected chi connectivity index (χ1v) is 11.1. The number of pyridine rings is 1. The Labute approximate surface area is 207 Å². The number of methoxy groups -OCH3 is 1. The minimum absolute atomic E-state index is 0.0953. The molecule has 0 amide bonds. The molecule has 0 atom stereocenters. The first kappa shape index (κ1) is 24.8. The number of H-pyrrole nitrogens is 1. The highest BCUT2D eigenvalue weighted by atomic mass is 19.3. The Bertz CT molecular complexity index is 1300. The number of nitrogens with one attached hydrogen (secondary N) is 1. The zero-order valence-corrected chi connectivity index (χ0v) is 20.0. The minimum atomic E-state index is -2.86. The molecule has 7 nitrogen and oxygen atoms in total. The van der Waals surface area contributed by atoms with Gasteiger partial charge in [0.25, 0.3) is 0 Å². The number of esters is 1. The molecule has 2 aromatic heterocycles. The van der Waals surface area contributed by atoms with Crippen molar-refractivity contribution in [3.63, 3.8) is 0 Å². The van der Waals surface area contributed by atoms with Crippen molar-refractivity contribution in [3.05, 3.63) is 73.1 Å². The molecule has 0 unspecified atom stereocenters. The van der Waals surface area contributed by atoms with Crippen LogP contribution in [0.25, 0.3) is 33.9 Å². The maximum atomic E-state index is 12.3. The van der Waals surface area contributed by atoms with Gasteiger partial charge in [-0.05, 0) is 80.1 Å². The van der Waals surface area contributed by atoms with Crippen molar-refractivity contribution in [2.45, 2.75) is 20.5 Å². The molecule has 4 aromatic rings. The largest absolute Gasteiger partial charge is 0.492 e. The molecule has 2 aromatic carbocycles.